The van der Waals surface area contributed by atoms with E-state index in [2.05, 4.69) is 21.2 Å². The van der Waals surface area contributed by atoms with Gasteiger partial charge in [-0.1, -0.05) is 0 Å². The van der Waals surface area contributed by atoms with Crippen molar-refractivity contribution in [3.8, 4) is 0 Å². The van der Waals surface area contributed by atoms with Gasteiger partial charge < -0.3 is 20.9 Å². The number of amides is 1. The van der Waals surface area contributed by atoms with E-state index in [0.717, 1.165) is 5.69 Å². The first-order chi connectivity index (χ1) is 8.50. The SMILES string of the molecule is NC(=O)c1ccc(NCCOCC(=O)O)c(Br)c1. The van der Waals surface area contributed by atoms with Crippen LogP contribution in [0.3, 0.4) is 0 Å². The Balaban J connectivity index is 2.43. The van der Waals surface area contributed by atoms with Gasteiger partial charge in [-0.05, 0) is 34.1 Å². The summed E-state index contributed by atoms with van der Waals surface area (Å²) >= 11 is 3.30. The lowest BCUT2D eigenvalue weighted by atomic mass is 10.2. The van der Waals surface area contributed by atoms with Gasteiger partial charge in [0.2, 0.25) is 5.91 Å². The van der Waals surface area contributed by atoms with Crippen LogP contribution in [0.1, 0.15) is 10.4 Å². The molecule has 1 amide bonds. The first-order valence-corrected chi connectivity index (χ1v) is 5.93. The summed E-state index contributed by atoms with van der Waals surface area (Å²) in [6.45, 7) is 0.418. The molecule has 98 valence electrons. The third-order valence-corrected chi connectivity index (χ3v) is 2.70. The van der Waals surface area contributed by atoms with Crippen molar-refractivity contribution in [3.05, 3.63) is 28.2 Å². The average molecular weight is 317 g/mol. The summed E-state index contributed by atoms with van der Waals surface area (Å²) in [5.41, 5.74) is 6.33. The largest absolute Gasteiger partial charge is 0.480 e. The number of hydrogen-bond donors (Lipinski definition) is 3. The standard InChI is InChI=1S/C11H13BrN2O4/c12-8-5-7(11(13)17)1-2-9(8)14-3-4-18-6-10(15)16/h1-2,5,14H,3-4,6H2,(H2,13,17)(H,15,16). The molecule has 0 heterocycles. The molecular formula is C11H13BrN2O4. The van der Waals surface area contributed by atoms with Gasteiger partial charge in [-0.25, -0.2) is 4.79 Å². The van der Waals surface area contributed by atoms with Crippen LogP contribution >= 0.6 is 15.9 Å². The number of carboxylic acid groups (broad SMARTS) is 1. The molecule has 0 bridgehead atoms. The van der Waals surface area contributed by atoms with Crippen molar-refractivity contribution in [2.45, 2.75) is 0 Å². The molecule has 6 nitrogen and oxygen atoms in total. The highest BCUT2D eigenvalue weighted by Crippen LogP contribution is 2.23. The zero-order valence-corrected chi connectivity index (χ0v) is 11.1. The Bertz CT molecular complexity index is 451. The number of carboxylic acids is 1. The number of rotatable bonds is 7. The molecule has 0 aliphatic carbocycles. The third-order valence-electron chi connectivity index (χ3n) is 2.04. The van der Waals surface area contributed by atoms with Gasteiger partial charge in [0.05, 0.1) is 6.61 Å². The lowest BCUT2D eigenvalue weighted by molar-refractivity contribution is -0.142. The second kappa shape index (κ2) is 6.97. The molecule has 0 atom stereocenters. The lowest BCUT2D eigenvalue weighted by Gasteiger charge is -2.09. The maximum absolute atomic E-state index is 10.9. The highest BCUT2D eigenvalue weighted by molar-refractivity contribution is 9.10. The highest BCUT2D eigenvalue weighted by atomic mass is 79.9. The summed E-state index contributed by atoms with van der Waals surface area (Å²) in [6, 6.07) is 4.93. The van der Waals surface area contributed by atoms with Crippen LogP contribution in [-0.4, -0.2) is 36.7 Å². The maximum Gasteiger partial charge on any atom is 0.329 e. The van der Waals surface area contributed by atoms with Crippen LogP contribution in [0.25, 0.3) is 0 Å². The second-order valence-electron chi connectivity index (χ2n) is 3.43. The quantitative estimate of drug-likeness (QED) is 0.653. The van der Waals surface area contributed by atoms with E-state index in [4.69, 9.17) is 15.6 Å². The molecule has 0 saturated heterocycles. The van der Waals surface area contributed by atoms with E-state index in [9.17, 15) is 9.59 Å². The number of halogens is 1. The third kappa shape index (κ3) is 4.72. The molecule has 0 fully saturated rings. The fourth-order valence-electron chi connectivity index (χ4n) is 1.23. The van der Waals surface area contributed by atoms with E-state index in [0.29, 0.717) is 16.6 Å². The molecule has 0 aliphatic rings. The summed E-state index contributed by atoms with van der Waals surface area (Å²) in [5, 5.41) is 11.4. The summed E-state index contributed by atoms with van der Waals surface area (Å²) < 4.78 is 5.57. The van der Waals surface area contributed by atoms with Gasteiger partial charge in [0.15, 0.2) is 0 Å². The Kier molecular flexibility index (Phi) is 5.60. The van der Waals surface area contributed by atoms with Crippen LogP contribution in [0.5, 0.6) is 0 Å². The second-order valence-corrected chi connectivity index (χ2v) is 4.29. The van der Waals surface area contributed by atoms with Crippen LogP contribution in [0.2, 0.25) is 0 Å². The molecule has 1 aromatic rings. The Hall–Kier alpha value is -1.60. The molecule has 0 aromatic heterocycles. The zero-order valence-electron chi connectivity index (χ0n) is 9.48. The Morgan fingerprint density at radius 3 is 2.72 bits per heavy atom. The molecule has 0 aliphatic heterocycles. The smallest absolute Gasteiger partial charge is 0.329 e. The number of aliphatic carboxylic acids is 1. The van der Waals surface area contributed by atoms with Gasteiger partial charge in [0, 0.05) is 22.3 Å². The number of anilines is 1. The van der Waals surface area contributed by atoms with Crippen molar-refractivity contribution in [1.82, 2.24) is 0 Å². The number of primary amides is 1. The molecule has 1 aromatic carbocycles. The number of ether oxygens (including phenoxy) is 1. The number of carbonyl (C=O) groups is 2. The van der Waals surface area contributed by atoms with Crippen molar-refractivity contribution in [2.75, 3.05) is 25.1 Å². The van der Waals surface area contributed by atoms with Crippen molar-refractivity contribution >= 4 is 33.5 Å². The minimum absolute atomic E-state index is 0.274. The zero-order chi connectivity index (χ0) is 13.5. The van der Waals surface area contributed by atoms with E-state index in [1.54, 1.807) is 18.2 Å². The summed E-state index contributed by atoms with van der Waals surface area (Å²) in [6.07, 6.45) is 0. The number of nitrogens with two attached hydrogens (primary N) is 1. The van der Waals surface area contributed by atoms with Crippen LogP contribution in [0.15, 0.2) is 22.7 Å². The van der Waals surface area contributed by atoms with E-state index < -0.39 is 11.9 Å². The maximum atomic E-state index is 10.9. The number of carbonyl (C=O) groups excluding carboxylic acids is 1. The summed E-state index contributed by atoms with van der Waals surface area (Å²) in [5.74, 6) is -1.49. The highest BCUT2D eigenvalue weighted by Gasteiger charge is 2.04. The molecule has 7 heteroatoms. The van der Waals surface area contributed by atoms with Gasteiger partial charge in [0.25, 0.3) is 0 Å². The van der Waals surface area contributed by atoms with Gasteiger partial charge in [-0.2, -0.15) is 0 Å². The van der Waals surface area contributed by atoms with Gasteiger partial charge in [-0.3, -0.25) is 4.79 Å². The normalized spacial score (nSPS) is 10.1. The van der Waals surface area contributed by atoms with Gasteiger partial charge in [0.1, 0.15) is 6.61 Å². The number of hydrogen-bond acceptors (Lipinski definition) is 4. The van der Waals surface area contributed by atoms with Crippen LogP contribution in [0.4, 0.5) is 5.69 Å². The monoisotopic (exact) mass is 316 g/mol. The van der Waals surface area contributed by atoms with Crippen molar-refractivity contribution in [2.24, 2.45) is 5.73 Å². The predicted molar refractivity (Wildman–Crippen MR) is 69.6 cm³/mol. The molecule has 4 N–H and O–H groups in total. The van der Waals surface area contributed by atoms with Gasteiger partial charge in [-0.15, -0.1) is 0 Å². The van der Waals surface area contributed by atoms with Crippen molar-refractivity contribution < 1.29 is 19.4 Å². The minimum atomic E-state index is -0.998. The van der Waals surface area contributed by atoms with Crippen LogP contribution < -0.4 is 11.1 Å². The van der Waals surface area contributed by atoms with Crippen LogP contribution in [-0.2, 0) is 9.53 Å². The average Bonchev–Trinajstić information content (AvgIpc) is 2.29. The Morgan fingerprint density at radius 2 is 2.17 bits per heavy atom. The molecule has 18 heavy (non-hydrogen) atoms. The minimum Gasteiger partial charge on any atom is -0.480 e. The summed E-state index contributed by atoms with van der Waals surface area (Å²) in [4.78, 5) is 21.1. The summed E-state index contributed by atoms with van der Waals surface area (Å²) in [7, 11) is 0. The topological polar surface area (TPSA) is 102 Å². The van der Waals surface area contributed by atoms with E-state index >= 15 is 0 Å². The predicted octanol–water partition coefficient (Wildman–Crippen LogP) is 1.06. The fourth-order valence-corrected chi connectivity index (χ4v) is 1.75. The number of nitrogens with one attached hydrogen (secondary N) is 1. The first kappa shape index (κ1) is 14.5. The van der Waals surface area contributed by atoms with Crippen LogP contribution in [0, 0.1) is 0 Å². The van der Waals surface area contributed by atoms with E-state index in [-0.39, 0.29) is 13.2 Å². The molecule has 0 unspecified atom stereocenters. The van der Waals surface area contributed by atoms with Crippen molar-refractivity contribution in [1.29, 1.82) is 0 Å². The fraction of sp³-hybridized carbons (Fsp3) is 0.273. The van der Waals surface area contributed by atoms with Crippen molar-refractivity contribution in [3.63, 3.8) is 0 Å². The lowest BCUT2D eigenvalue weighted by Crippen LogP contribution is -2.15. The van der Waals surface area contributed by atoms with Gasteiger partial charge >= 0.3 is 5.97 Å². The first-order valence-electron chi connectivity index (χ1n) is 5.13. The molecule has 1 rings (SSSR count). The molecule has 0 spiro atoms. The Morgan fingerprint density at radius 1 is 1.44 bits per heavy atom. The molecular weight excluding hydrogens is 304 g/mol. The molecule has 0 radical (unpaired) electrons. The number of benzene rings is 1. The Labute approximate surface area is 112 Å². The van der Waals surface area contributed by atoms with E-state index in [1.165, 1.54) is 0 Å². The van der Waals surface area contributed by atoms with E-state index in [1.807, 2.05) is 0 Å². The molecule has 0 saturated carbocycles.